The van der Waals surface area contributed by atoms with Crippen molar-refractivity contribution in [2.24, 2.45) is 0 Å². The maximum atomic E-state index is 11.6. The molecule has 0 unspecified atom stereocenters. The van der Waals surface area contributed by atoms with E-state index in [1.807, 2.05) is 32.0 Å². The molecule has 1 aromatic carbocycles. The minimum Gasteiger partial charge on any atom is -0.493 e. The molecule has 0 saturated heterocycles. The van der Waals surface area contributed by atoms with Gasteiger partial charge in [-0.05, 0) is 17.7 Å². The van der Waals surface area contributed by atoms with Crippen molar-refractivity contribution >= 4 is 5.78 Å². The molecule has 0 bridgehead atoms. The first-order chi connectivity index (χ1) is 7.63. The topological polar surface area (TPSA) is 35.5 Å². The van der Waals surface area contributed by atoms with E-state index in [1.165, 1.54) is 0 Å². The van der Waals surface area contributed by atoms with Crippen LogP contribution >= 0.6 is 0 Å². The zero-order valence-corrected chi connectivity index (χ0v) is 10.2. The quantitative estimate of drug-likeness (QED) is 0.768. The van der Waals surface area contributed by atoms with Crippen molar-refractivity contribution in [2.75, 3.05) is 14.2 Å². The molecule has 1 atom stereocenters. The summed E-state index contributed by atoms with van der Waals surface area (Å²) in [6.45, 7) is 3.78. The van der Waals surface area contributed by atoms with Crippen LogP contribution in [0.2, 0.25) is 0 Å². The summed E-state index contributed by atoms with van der Waals surface area (Å²) in [7, 11) is 3.19. The van der Waals surface area contributed by atoms with Gasteiger partial charge in [0.15, 0.2) is 11.5 Å². The number of Topliss-reactive ketones (excluding diaryl/α,β-unsaturated/α-hetero) is 1. The third-order valence-corrected chi connectivity index (χ3v) is 2.74. The summed E-state index contributed by atoms with van der Waals surface area (Å²) in [6, 6.07) is 5.59. The molecule has 0 heterocycles. The van der Waals surface area contributed by atoms with Crippen molar-refractivity contribution in [1.82, 2.24) is 0 Å². The van der Waals surface area contributed by atoms with E-state index >= 15 is 0 Å². The van der Waals surface area contributed by atoms with Crippen molar-refractivity contribution in [3.63, 3.8) is 0 Å². The van der Waals surface area contributed by atoms with E-state index in [-0.39, 0.29) is 11.7 Å². The van der Waals surface area contributed by atoms with E-state index in [9.17, 15) is 4.79 Å². The Bertz CT molecular complexity index is 371. The molecule has 0 N–H and O–H groups in total. The van der Waals surface area contributed by atoms with Crippen LogP contribution in [0.15, 0.2) is 18.2 Å². The monoisotopic (exact) mass is 222 g/mol. The second-order valence-corrected chi connectivity index (χ2v) is 3.66. The predicted molar refractivity (Wildman–Crippen MR) is 63.3 cm³/mol. The summed E-state index contributed by atoms with van der Waals surface area (Å²) < 4.78 is 10.4. The Labute approximate surface area is 96.4 Å². The maximum absolute atomic E-state index is 11.6. The Kier molecular flexibility index (Phi) is 4.35. The first kappa shape index (κ1) is 12.6. The number of hydrogen-bond donors (Lipinski definition) is 0. The molecule has 0 aliphatic rings. The lowest BCUT2D eigenvalue weighted by molar-refractivity contribution is -0.119. The summed E-state index contributed by atoms with van der Waals surface area (Å²) in [5.41, 5.74) is 0.963. The first-order valence-electron chi connectivity index (χ1n) is 5.38. The summed E-state index contributed by atoms with van der Waals surface area (Å²) in [5, 5.41) is 0. The highest BCUT2D eigenvalue weighted by molar-refractivity contribution is 5.85. The van der Waals surface area contributed by atoms with Crippen LogP contribution in [0, 0.1) is 0 Å². The first-order valence-corrected chi connectivity index (χ1v) is 5.38. The van der Waals surface area contributed by atoms with E-state index in [4.69, 9.17) is 9.47 Å². The zero-order valence-electron chi connectivity index (χ0n) is 10.2. The van der Waals surface area contributed by atoms with Gasteiger partial charge >= 0.3 is 0 Å². The number of ether oxygens (including phenoxy) is 2. The molecule has 0 amide bonds. The van der Waals surface area contributed by atoms with Gasteiger partial charge in [-0.25, -0.2) is 0 Å². The number of carbonyl (C=O) groups is 1. The van der Waals surface area contributed by atoms with Gasteiger partial charge in [0, 0.05) is 12.3 Å². The van der Waals surface area contributed by atoms with Crippen LogP contribution in [-0.4, -0.2) is 20.0 Å². The molecule has 16 heavy (non-hydrogen) atoms. The Balaban J connectivity index is 3.03. The van der Waals surface area contributed by atoms with Crippen molar-refractivity contribution in [1.29, 1.82) is 0 Å². The smallest absolute Gasteiger partial charge is 0.161 e. The van der Waals surface area contributed by atoms with Gasteiger partial charge in [-0.3, -0.25) is 4.79 Å². The highest BCUT2D eigenvalue weighted by Gasteiger charge is 2.15. The fraction of sp³-hybridized carbons (Fsp3) is 0.462. The minimum atomic E-state index is -0.0928. The molecule has 1 rings (SSSR count). The highest BCUT2D eigenvalue weighted by atomic mass is 16.5. The van der Waals surface area contributed by atoms with Gasteiger partial charge in [0.05, 0.1) is 14.2 Å². The van der Waals surface area contributed by atoms with Crippen LogP contribution in [0.3, 0.4) is 0 Å². The Morgan fingerprint density at radius 1 is 1.25 bits per heavy atom. The van der Waals surface area contributed by atoms with Gasteiger partial charge in [-0.15, -0.1) is 0 Å². The van der Waals surface area contributed by atoms with E-state index in [2.05, 4.69) is 0 Å². The van der Waals surface area contributed by atoms with Gasteiger partial charge in [-0.1, -0.05) is 19.9 Å². The third kappa shape index (κ3) is 2.54. The average Bonchev–Trinajstić information content (AvgIpc) is 2.35. The summed E-state index contributed by atoms with van der Waals surface area (Å²) in [6.07, 6.45) is 0.551. The number of carbonyl (C=O) groups excluding carboxylic acids is 1. The highest BCUT2D eigenvalue weighted by Crippen LogP contribution is 2.31. The fourth-order valence-corrected chi connectivity index (χ4v) is 1.61. The van der Waals surface area contributed by atoms with Gasteiger partial charge in [0.2, 0.25) is 0 Å². The standard InChI is InChI=1S/C13H18O3/c1-5-11(14)9(2)10-6-7-12(15-3)13(8-10)16-4/h6-9H,5H2,1-4H3/t9-/m1/s1. The average molecular weight is 222 g/mol. The number of hydrogen-bond acceptors (Lipinski definition) is 3. The van der Waals surface area contributed by atoms with E-state index in [1.54, 1.807) is 14.2 Å². The molecule has 0 spiro atoms. The summed E-state index contributed by atoms with van der Waals surface area (Å²) in [5.74, 6) is 1.48. The van der Waals surface area contributed by atoms with Gasteiger partial charge in [-0.2, -0.15) is 0 Å². The van der Waals surface area contributed by atoms with Crippen LogP contribution in [0.1, 0.15) is 31.7 Å². The molecule has 0 aromatic heterocycles. The number of ketones is 1. The van der Waals surface area contributed by atoms with Crippen molar-refractivity contribution in [2.45, 2.75) is 26.2 Å². The van der Waals surface area contributed by atoms with Crippen LogP contribution in [0.4, 0.5) is 0 Å². The zero-order chi connectivity index (χ0) is 12.1. The predicted octanol–water partition coefficient (Wildman–Crippen LogP) is 2.79. The second-order valence-electron chi connectivity index (χ2n) is 3.66. The Hall–Kier alpha value is -1.51. The van der Waals surface area contributed by atoms with E-state index in [0.717, 1.165) is 5.56 Å². The fourth-order valence-electron chi connectivity index (χ4n) is 1.61. The summed E-state index contributed by atoms with van der Waals surface area (Å²) >= 11 is 0. The lowest BCUT2D eigenvalue weighted by Gasteiger charge is -2.13. The number of methoxy groups -OCH3 is 2. The van der Waals surface area contributed by atoms with Crippen LogP contribution in [-0.2, 0) is 4.79 Å². The number of rotatable bonds is 5. The van der Waals surface area contributed by atoms with Crippen LogP contribution in [0.5, 0.6) is 11.5 Å². The molecule has 3 heteroatoms. The van der Waals surface area contributed by atoms with Crippen LogP contribution < -0.4 is 9.47 Å². The molecule has 0 radical (unpaired) electrons. The molecule has 0 aliphatic carbocycles. The van der Waals surface area contributed by atoms with Crippen molar-refractivity contribution in [3.8, 4) is 11.5 Å². The second kappa shape index (κ2) is 5.54. The van der Waals surface area contributed by atoms with Crippen molar-refractivity contribution in [3.05, 3.63) is 23.8 Å². The third-order valence-electron chi connectivity index (χ3n) is 2.74. The Morgan fingerprint density at radius 3 is 2.38 bits per heavy atom. The molecular formula is C13H18O3. The molecular weight excluding hydrogens is 204 g/mol. The molecule has 3 nitrogen and oxygen atoms in total. The molecule has 0 saturated carbocycles. The Morgan fingerprint density at radius 2 is 1.88 bits per heavy atom. The molecule has 88 valence electrons. The van der Waals surface area contributed by atoms with Crippen molar-refractivity contribution < 1.29 is 14.3 Å². The SMILES string of the molecule is CCC(=O)[C@H](C)c1ccc(OC)c(OC)c1. The van der Waals surface area contributed by atoms with Gasteiger partial charge < -0.3 is 9.47 Å². The van der Waals surface area contributed by atoms with E-state index < -0.39 is 0 Å². The minimum absolute atomic E-state index is 0.0928. The maximum Gasteiger partial charge on any atom is 0.161 e. The van der Waals surface area contributed by atoms with Gasteiger partial charge in [0.1, 0.15) is 5.78 Å². The lowest BCUT2D eigenvalue weighted by atomic mass is 9.95. The molecule has 0 aliphatic heterocycles. The normalized spacial score (nSPS) is 12.0. The van der Waals surface area contributed by atoms with Gasteiger partial charge in [0.25, 0.3) is 0 Å². The van der Waals surface area contributed by atoms with E-state index in [0.29, 0.717) is 17.9 Å². The largest absolute Gasteiger partial charge is 0.493 e. The molecule has 1 aromatic rings. The van der Waals surface area contributed by atoms with Crippen LogP contribution in [0.25, 0.3) is 0 Å². The summed E-state index contributed by atoms with van der Waals surface area (Å²) in [4.78, 5) is 11.6. The lowest BCUT2D eigenvalue weighted by Crippen LogP contribution is -2.07. The molecule has 0 fully saturated rings. The number of benzene rings is 1.